The second-order valence-corrected chi connectivity index (χ2v) is 8.25. The summed E-state index contributed by atoms with van der Waals surface area (Å²) in [5, 5.41) is 3.13. The minimum absolute atomic E-state index is 0.0827. The summed E-state index contributed by atoms with van der Waals surface area (Å²) in [4.78, 5) is 27.3. The molecule has 25 heavy (non-hydrogen) atoms. The lowest BCUT2D eigenvalue weighted by Gasteiger charge is -2.37. The molecule has 2 atom stereocenters. The van der Waals surface area contributed by atoms with Gasteiger partial charge < -0.3 is 10.2 Å². The maximum Gasteiger partial charge on any atom is 0.225 e. The number of likely N-dealkylation sites (tertiary alicyclic amines) is 1. The van der Waals surface area contributed by atoms with E-state index in [2.05, 4.69) is 36.5 Å². The van der Waals surface area contributed by atoms with E-state index in [4.69, 9.17) is 0 Å². The molecule has 4 heteroatoms. The summed E-state index contributed by atoms with van der Waals surface area (Å²) in [6.45, 7) is 4.25. The quantitative estimate of drug-likeness (QED) is 0.896. The van der Waals surface area contributed by atoms with Crippen molar-refractivity contribution in [3.8, 4) is 0 Å². The number of benzene rings is 1. The van der Waals surface area contributed by atoms with E-state index in [1.54, 1.807) is 0 Å². The predicted molar refractivity (Wildman–Crippen MR) is 97.1 cm³/mol. The Morgan fingerprint density at radius 2 is 1.92 bits per heavy atom. The monoisotopic (exact) mass is 340 g/mol. The Morgan fingerprint density at radius 3 is 2.60 bits per heavy atom. The first-order valence-corrected chi connectivity index (χ1v) is 9.73. The number of piperidine rings is 1. The van der Waals surface area contributed by atoms with Gasteiger partial charge in [-0.1, -0.05) is 29.8 Å². The van der Waals surface area contributed by atoms with Gasteiger partial charge in [-0.3, -0.25) is 9.59 Å². The highest BCUT2D eigenvalue weighted by molar-refractivity contribution is 5.83. The molecular weight excluding hydrogens is 312 g/mol. The number of hydrogen-bond donors (Lipinski definition) is 1. The Morgan fingerprint density at radius 1 is 1.12 bits per heavy atom. The Kier molecular flexibility index (Phi) is 4.53. The zero-order chi connectivity index (χ0) is 17.4. The number of nitrogens with one attached hydrogen (secondary N) is 1. The maximum absolute atomic E-state index is 12.7. The van der Waals surface area contributed by atoms with Crippen molar-refractivity contribution in [3.63, 3.8) is 0 Å². The number of hydrogen-bond acceptors (Lipinski definition) is 2. The molecule has 0 spiro atoms. The largest absolute Gasteiger partial charge is 0.356 e. The van der Waals surface area contributed by atoms with Crippen LogP contribution in [0, 0.1) is 24.7 Å². The summed E-state index contributed by atoms with van der Waals surface area (Å²) in [5.74, 6) is 1.47. The predicted octanol–water partition coefficient (Wildman–Crippen LogP) is 2.86. The topological polar surface area (TPSA) is 49.4 Å². The van der Waals surface area contributed by atoms with Crippen molar-refractivity contribution in [1.82, 2.24) is 10.2 Å². The molecule has 134 valence electrons. The number of rotatable bonds is 5. The molecule has 2 amide bonds. The third-order valence-corrected chi connectivity index (χ3v) is 5.84. The van der Waals surface area contributed by atoms with Gasteiger partial charge in [0.05, 0.1) is 5.92 Å². The van der Waals surface area contributed by atoms with Crippen molar-refractivity contribution in [1.29, 1.82) is 0 Å². The van der Waals surface area contributed by atoms with Crippen LogP contribution < -0.4 is 5.32 Å². The van der Waals surface area contributed by atoms with Gasteiger partial charge in [-0.05, 0) is 50.5 Å². The molecule has 0 bridgehead atoms. The third-order valence-electron chi connectivity index (χ3n) is 5.84. The fourth-order valence-corrected chi connectivity index (χ4v) is 3.93. The highest BCUT2D eigenvalue weighted by Gasteiger charge is 2.40. The normalized spacial score (nSPS) is 26.4. The first-order chi connectivity index (χ1) is 12.1. The van der Waals surface area contributed by atoms with Crippen LogP contribution in [0.25, 0.3) is 0 Å². The Hall–Kier alpha value is -1.84. The molecule has 3 aliphatic rings. The Bertz CT molecular complexity index is 664. The van der Waals surface area contributed by atoms with Crippen LogP contribution in [0.5, 0.6) is 0 Å². The van der Waals surface area contributed by atoms with E-state index in [9.17, 15) is 9.59 Å². The van der Waals surface area contributed by atoms with E-state index >= 15 is 0 Å². The van der Waals surface area contributed by atoms with Crippen molar-refractivity contribution in [2.75, 3.05) is 19.6 Å². The molecule has 3 fully saturated rings. The number of amides is 2. The SMILES string of the molecule is Cc1cccc([C@@H]2C[C@H](C(=O)NCC3CC3)CN(C(=O)C3CC3)C2)c1. The van der Waals surface area contributed by atoms with E-state index in [1.165, 1.54) is 24.0 Å². The summed E-state index contributed by atoms with van der Waals surface area (Å²) in [6.07, 6.45) is 5.35. The van der Waals surface area contributed by atoms with Gasteiger partial charge in [0, 0.05) is 31.5 Å². The molecule has 1 aromatic carbocycles. The molecule has 1 N–H and O–H groups in total. The zero-order valence-electron chi connectivity index (χ0n) is 15.0. The van der Waals surface area contributed by atoms with Gasteiger partial charge in [0.15, 0.2) is 0 Å². The molecule has 4 nitrogen and oxygen atoms in total. The first kappa shape index (κ1) is 16.6. The van der Waals surface area contributed by atoms with Gasteiger partial charge in [-0.15, -0.1) is 0 Å². The van der Waals surface area contributed by atoms with Crippen LogP contribution in [0.2, 0.25) is 0 Å². The molecule has 0 radical (unpaired) electrons. The van der Waals surface area contributed by atoms with Crippen LogP contribution in [0.4, 0.5) is 0 Å². The molecule has 1 aliphatic heterocycles. The van der Waals surface area contributed by atoms with E-state index in [1.807, 2.05) is 4.90 Å². The maximum atomic E-state index is 12.7. The van der Waals surface area contributed by atoms with Crippen LogP contribution in [0.1, 0.15) is 49.1 Å². The van der Waals surface area contributed by atoms with Crippen LogP contribution in [0.15, 0.2) is 24.3 Å². The van der Waals surface area contributed by atoms with Crippen molar-refractivity contribution in [3.05, 3.63) is 35.4 Å². The van der Waals surface area contributed by atoms with Crippen molar-refractivity contribution in [2.24, 2.45) is 17.8 Å². The summed E-state index contributed by atoms with van der Waals surface area (Å²) >= 11 is 0. The number of carbonyl (C=O) groups excluding carboxylic acids is 2. The second-order valence-electron chi connectivity index (χ2n) is 8.25. The van der Waals surface area contributed by atoms with Crippen molar-refractivity contribution >= 4 is 11.8 Å². The number of nitrogens with zero attached hydrogens (tertiary/aromatic N) is 1. The van der Waals surface area contributed by atoms with Crippen LogP contribution in [0.3, 0.4) is 0 Å². The summed E-state index contributed by atoms with van der Waals surface area (Å²) in [5.41, 5.74) is 2.49. The average molecular weight is 340 g/mol. The lowest BCUT2D eigenvalue weighted by Crippen LogP contribution is -2.48. The van der Waals surface area contributed by atoms with Gasteiger partial charge in [0.1, 0.15) is 0 Å². The van der Waals surface area contributed by atoms with Crippen molar-refractivity contribution < 1.29 is 9.59 Å². The van der Waals surface area contributed by atoms with Crippen LogP contribution in [-0.2, 0) is 9.59 Å². The zero-order valence-corrected chi connectivity index (χ0v) is 15.0. The smallest absolute Gasteiger partial charge is 0.225 e. The van der Waals surface area contributed by atoms with E-state index < -0.39 is 0 Å². The Labute approximate surface area is 150 Å². The average Bonchev–Trinajstić information content (AvgIpc) is 3.52. The molecular formula is C21H28N2O2. The minimum atomic E-state index is -0.0827. The van der Waals surface area contributed by atoms with Gasteiger partial charge in [0.2, 0.25) is 11.8 Å². The minimum Gasteiger partial charge on any atom is -0.356 e. The number of carbonyl (C=O) groups is 2. The molecule has 2 saturated carbocycles. The van der Waals surface area contributed by atoms with E-state index in [0.29, 0.717) is 12.5 Å². The third kappa shape index (κ3) is 4.05. The Balaban J connectivity index is 1.49. The molecule has 1 aromatic rings. The number of aryl methyl sites for hydroxylation is 1. The standard InChI is InChI=1S/C21H28N2O2/c1-14-3-2-4-17(9-14)18-10-19(20(24)22-11-15-5-6-15)13-23(12-18)21(25)16-7-8-16/h2-4,9,15-16,18-19H,5-8,10-13H2,1H3,(H,22,24)/t18-,19+/m1/s1. The van der Waals surface area contributed by atoms with Crippen LogP contribution >= 0.6 is 0 Å². The van der Waals surface area contributed by atoms with Gasteiger partial charge in [0.25, 0.3) is 0 Å². The molecule has 1 saturated heterocycles. The van der Waals surface area contributed by atoms with E-state index in [-0.39, 0.29) is 29.6 Å². The molecule has 1 heterocycles. The second kappa shape index (κ2) is 6.81. The molecule has 2 aliphatic carbocycles. The summed E-state index contributed by atoms with van der Waals surface area (Å²) in [6, 6.07) is 8.52. The molecule has 0 unspecified atom stereocenters. The highest BCUT2D eigenvalue weighted by atomic mass is 16.2. The fourth-order valence-electron chi connectivity index (χ4n) is 3.93. The fraction of sp³-hybridized carbons (Fsp3) is 0.619. The highest BCUT2D eigenvalue weighted by Crippen LogP contribution is 2.36. The first-order valence-electron chi connectivity index (χ1n) is 9.73. The molecule has 4 rings (SSSR count). The van der Waals surface area contributed by atoms with E-state index in [0.717, 1.165) is 32.4 Å². The lowest BCUT2D eigenvalue weighted by atomic mass is 9.83. The van der Waals surface area contributed by atoms with Gasteiger partial charge >= 0.3 is 0 Å². The summed E-state index contributed by atoms with van der Waals surface area (Å²) in [7, 11) is 0. The van der Waals surface area contributed by atoms with Gasteiger partial charge in [-0.2, -0.15) is 0 Å². The molecule has 0 aromatic heterocycles. The van der Waals surface area contributed by atoms with Gasteiger partial charge in [-0.25, -0.2) is 0 Å². The van der Waals surface area contributed by atoms with Crippen LogP contribution in [-0.4, -0.2) is 36.3 Å². The van der Waals surface area contributed by atoms with Crippen molar-refractivity contribution in [2.45, 2.75) is 44.9 Å². The summed E-state index contributed by atoms with van der Waals surface area (Å²) < 4.78 is 0. The lowest BCUT2D eigenvalue weighted by molar-refractivity contribution is -0.137.